The van der Waals surface area contributed by atoms with Gasteiger partial charge in [-0.2, -0.15) is 0 Å². The Balaban J connectivity index is 4.33. The van der Waals surface area contributed by atoms with Crippen molar-refractivity contribution in [2.75, 3.05) is 6.61 Å². The van der Waals surface area contributed by atoms with Crippen LogP contribution in [0.3, 0.4) is 0 Å². The predicted octanol–water partition coefficient (Wildman–Crippen LogP) is 2.38. The average Bonchev–Trinajstić information content (AvgIpc) is 1.99. The van der Waals surface area contributed by atoms with Gasteiger partial charge in [0.1, 0.15) is 0 Å². The first-order valence-electron chi connectivity index (χ1n) is 4.96. The van der Waals surface area contributed by atoms with Gasteiger partial charge in [0.15, 0.2) is 8.32 Å². The Bertz CT molecular complexity index is 207. The number of hydrogen-bond donors (Lipinski definition) is 2. The van der Waals surface area contributed by atoms with Gasteiger partial charge in [-0.25, -0.2) is 0 Å². The minimum Gasteiger partial charge on any atom is -0.415 e. The maximum atomic E-state index is 7.15. The molecule has 0 aliphatic rings. The minimum absolute atomic E-state index is 0.200. The molecule has 14 heavy (non-hydrogen) atoms. The quantitative estimate of drug-likeness (QED) is 0.560. The van der Waals surface area contributed by atoms with Gasteiger partial charge in [-0.1, -0.05) is 20.8 Å². The molecule has 0 aromatic carbocycles. The molecule has 0 fully saturated rings. The summed E-state index contributed by atoms with van der Waals surface area (Å²) in [5, 5.41) is 7.35. The normalized spacial score (nSPS) is 17.6. The Morgan fingerprint density at radius 1 is 1.29 bits per heavy atom. The first kappa shape index (κ1) is 13.8. The van der Waals surface area contributed by atoms with Gasteiger partial charge in [-0.15, -0.1) is 0 Å². The SMILES string of the molecule is CC(N)(C=N)CO[Si](C)(C)C(C)(C)C. The van der Waals surface area contributed by atoms with Gasteiger partial charge < -0.3 is 15.6 Å². The number of hydrogen-bond acceptors (Lipinski definition) is 3. The van der Waals surface area contributed by atoms with Gasteiger partial charge in [-0.3, -0.25) is 0 Å². The summed E-state index contributed by atoms with van der Waals surface area (Å²) in [4.78, 5) is 0. The third-order valence-corrected chi connectivity index (χ3v) is 7.36. The van der Waals surface area contributed by atoms with Crippen LogP contribution in [0.15, 0.2) is 0 Å². The second-order valence-corrected chi connectivity index (χ2v) is 10.5. The highest BCUT2D eigenvalue weighted by molar-refractivity contribution is 6.74. The lowest BCUT2D eigenvalue weighted by molar-refractivity contribution is 0.249. The largest absolute Gasteiger partial charge is 0.415 e. The second kappa shape index (κ2) is 4.12. The van der Waals surface area contributed by atoms with Crippen molar-refractivity contribution in [3.8, 4) is 0 Å². The molecule has 0 saturated heterocycles. The summed E-state index contributed by atoms with van der Waals surface area (Å²) in [6.45, 7) is 13.2. The Hall–Kier alpha value is -0.193. The van der Waals surface area contributed by atoms with Crippen LogP contribution in [0.25, 0.3) is 0 Å². The van der Waals surface area contributed by atoms with Crippen molar-refractivity contribution in [1.29, 1.82) is 5.41 Å². The molecule has 0 heterocycles. The van der Waals surface area contributed by atoms with E-state index < -0.39 is 13.9 Å². The molecule has 3 nitrogen and oxygen atoms in total. The lowest BCUT2D eigenvalue weighted by atomic mass is 10.1. The molecule has 0 rings (SSSR count). The van der Waals surface area contributed by atoms with Crippen molar-refractivity contribution in [2.24, 2.45) is 5.73 Å². The smallest absolute Gasteiger partial charge is 0.192 e. The van der Waals surface area contributed by atoms with Crippen LogP contribution in [0.5, 0.6) is 0 Å². The van der Waals surface area contributed by atoms with Crippen molar-refractivity contribution in [1.82, 2.24) is 0 Å². The van der Waals surface area contributed by atoms with Crippen LogP contribution in [-0.4, -0.2) is 26.7 Å². The zero-order valence-electron chi connectivity index (χ0n) is 10.3. The highest BCUT2D eigenvalue weighted by Gasteiger charge is 2.38. The van der Waals surface area contributed by atoms with Crippen LogP contribution in [0.1, 0.15) is 27.7 Å². The summed E-state index contributed by atoms with van der Waals surface area (Å²) in [7, 11) is -1.71. The van der Waals surface area contributed by atoms with E-state index in [1.807, 2.05) is 6.92 Å². The zero-order chi connectivity index (χ0) is 11.6. The van der Waals surface area contributed by atoms with Crippen LogP contribution < -0.4 is 5.73 Å². The molecule has 1 unspecified atom stereocenters. The third kappa shape index (κ3) is 3.90. The zero-order valence-corrected chi connectivity index (χ0v) is 11.3. The molecule has 0 saturated carbocycles. The van der Waals surface area contributed by atoms with E-state index in [9.17, 15) is 0 Å². The van der Waals surface area contributed by atoms with Gasteiger partial charge in [-0.05, 0) is 25.1 Å². The molecule has 0 aliphatic heterocycles. The highest BCUT2D eigenvalue weighted by atomic mass is 28.4. The number of nitrogens with two attached hydrogens (primary N) is 1. The van der Waals surface area contributed by atoms with Gasteiger partial charge in [0.05, 0.1) is 12.1 Å². The lowest BCUT2D eigenvalue weighted by Crippen LogP contribution is -2.49. The molecule has 3 N–H and O–H groups in total. The van der Waals surface area contributed by atoms with E-state index in [2.05, 4.69) is 33.9 Å². The van der Waals surface area contributed by atoms with Crippen LogP contribution in [0, 0.1) is 5.41 Å². The molecular weight excluding hydrogens is 192 g/mol. The molecule has 0 bridgehead atoms. The summed E-state index contributed by atoms with van der Waals surface area (Å²) in [5.41, 5.74) is 5.19. The topological polar surface area (TPSA) is 59.1 Å². The number of rotatable bonds is 4. The van der Waals surface area contributed by atoms with E-state index in [1.165, 1.54) is 6.21 Å². The standard InChI is InChI=1S/C10H24N2OSi/c1-9(2,3)14(5,6)13-8-10(4,12)7-11/h7,11H,8,12H2,1-6H3. The summed E-state index contributed by atoms with van der Waals surface area (Å²) in [5.74, 6) is 0. The molecular formula is C10H24N2OSi. The van der Waals surface area contributed by atoms with E-state index in [4.69, 9.17) is 15.6 Å². The van der Waals surface area contributed by atoms with E-state index in [1.54, 1.807) is 0 Å². The fraction of sp³-hybridized carbons (Fsp3) is 0.900. The Morgan fingerprint density at radius 2 is 1.71 bits per heavy atom. The molecule has 0 aromatic heterocycles. The van der Waals surface area contributed by atoms with Gasteiger partial charge >= 0.3 is 0 Å². The summed E-state index contributed by atoms with van der Waals surface area (Å²) < 4.78 is 5.91. The van der Waals surface area contributed by atoms with Gasteiger partial charge in [0, 0.05) is 6.21 Å². The van der Waals surface area contributed by atoms with Crippen molar-refractivity contribution < 1.29 is 4.43 Å². The van der Waals surface area contributed by atoms with E-state index in [-0.39, 0.29) is 5.04 Å². The van der Waals surface area contributed by atoms with Crippen LogP contribution >= 0.6 is 0 Å². The van der Waals surface area contributed by atoms with Gasteiger partial charge in [0.25, 0.3) is 0 Å². The minimum atomic E-state index is -1.71. The first-order chi connectivity index (χ1) is 6.02. The third-order valence-electron chi connectivity index (χ3n) is 2.88. The van der Waals surface area contributed by atoms with Crippen molar-refractivity contribution in [3.05, 3.63) is 0 Å². The average molecular weight is 216 g/mol. The van der Waals surface area contributed by atoms with Crippen molar-refractivity contribution in [2.45, 2.75) is 51.4 Å². The Morgan fingerprint density at radius 3 is 2.00 bits per heavy atom. The van der Waals surface area contributed by atoms with Crippen LogP contribution in [0.4, 0.5) is 0 Å². The highest BCUT2D eigenvalue weighted by Crippen LogP contribution is 2.36. The predicted molar refractivity (Wildman–Crippen MR) is 64.5 cm³/mol. The summed E-state index contributed by atoms with van der Waals surface area (Å²) in [6, 6.07) is 0. The fourth-order valence-electron chi connectivity index (χ4n) is 0.594. The molecule has 4 heteroatoms. The first-order valence-corrected chi connectivity index (χ1v) is 7.87. The number of nitrogens with one attached hydrogen (secondary N) is 1. The van der Waals surface area contributed by atoms with Crippen LogP contribution in [0.2, 0.25) is 18.1 Å². The molecule has 84 valence electrons. The summed E-state index contributed by atoms with van der Waals surface area (Å²) in [6.07, 6.45) is 1.25. The maximum Gasteiger partial charge on any atom is 0.192 e. The Labute approximate surface area is 88.7 Å². The van der Waals surface area contributed by atoms with Gasteiger partial charge in [0.2, 0.25) is 0 Å². The molecule has 0 spiro atoms. The fourth-order valence-corrected chi connectivity index (χ4v) is 1.70. The molecule has 0 amide bonds. The molecule has 1 atom stereocenters. The van der Waals surface area contributed by atoms with Crippen LogP contribution in [-0.2, 0) is 4.43 Å². The van der Waals surface area contributed by atoms with E-state index >= 15 is 0 Å². The Kier molecular flexibility index (Phi) is 4.07. The van der Waals surface area contributed by atoms with Crippen molar-refractivity contribution >= 4 is 14.5 Å². The second-order valence-electron chi connectivity index (χ2n) is 5.70. The monoisotopic (exact) mass is 216 g/mol. The summed E-state index contributed by atoms with van der Waals surface area (Å²) >= 11 is 0. The lowest BCUT2D eigenvalue weighted by Gasteiger charge is -2.38. The molecule has 0 aromatic rings. The van der Waals surface area contributed by atoms with E-state index in [0.717, 1.165) is 0 Å². The van der Waals surface area contributed by atoms with E-state index in [0.29, 0.717) is 6.61 Å². The molecule has 0 aliphatic carbocycles. The van der Waals surface area contributed by atoms with Crippen molar-refractivity contribution in [3.63, 3.8) is 0 Å². The molecule has 0 radical (unpaired) electrons. The maximum absolute atomic E-state index is 7.15.